The fourth-order valence-electron chi connectivity index (χ4n) is 1.55. The molecule has 0 radical (unpaired) electrons. The maximum Gasteiger partial charge on any atom is 0.239 e. The highest BCUT2D eigenvalue weighted by Gasteiger charge is 2.17. The van der Waals surface area contributed by atoms with Crippen LogP contribution in [-0.4, -0.2) is 56.9 Å². The number of carbonyl (C=O) groups excluding carboxylic acids is 1. The van der Waals surface area contributed by atoms with E-state index in [0.717, 1.165) is 0 Å². The van der Waals surface area contributed by atoms with E-state index in [1.165, 1.54) is 6.26 Å². The van der Waals surface area contributed by atoms with Crippen molar-refractivity contribution in [2.75, 3.05) is 31.6 Å². The number of sulfone groups is 1. The van der Waals surface area contributed by atoms with E-state index in [4.69, 9.17) is 0 Å². The van der Waals surface area contributed by atoms with E-state index in [2.05, 4.69) is 5.32 Å². The summed E-state index contributed by atoms with van der Waals surface area (Å²) in [6, 6.07) is -0.255. The summed E-state index contributed by atoms with van der Waals surface area (Å²) >= 11 is 0. The predicted molar refractivity (Wildman–Crippen MR) is 69.7 cm³/mol. The van der Waals surface area contributed by atoms with Crippen LogP contribution in [0.1, 0.15) is 27.2 Å². The van der Waals surface area contributed by atoms with Crippen LogP contribution in [0.25, 0.3) is 0 Å². The van der Waals surface area contributed by atoms with Crippen molar-refractivity contribution in [3.8, 4) is 0 Å². The van der Waals surface area contributed by atoms with E-state index >= 15 is 0 Å². The number of nitrogens with one attached hydrogen (secondary N) is 1. The molecule has 0 spiro atoms. The molecule has 0 aliphatic rings. The zero-order valence-electron chi connectivity index (χ0n) is 11.2. The fourth-order valence-corrected chi connectivity index (χ4v) is 2.22. The second kappa shape index (κ2) is 7.66. The topological polar surface area (TPSA) is 66.5 Å². The van der Waals surface area contributed by atoms with E-state index in [9.17, 15) is 13.2 Å². The minimum absolute atomic E-state index is 0.0642. The van der Waals surface area contributed by atoms with Crippen LogP contribution in [0.3, 0.4) is 0 Å². The summed E-state index contributed by atoms with van der Waals surface area (Å²) in [6.45, 7) is 7.63. The fraction of sp³-hybridized carbons (Fsp3) is 0.909. The lowest BCUT2D eigenvalue weighted by atomic mass is 10.2. The number of rotatable bonds is 8. The summed E-state index contributed by atoms with van der Waals surface area (Å²) in [6.07, 6.45) is 1.76. The van der Waals surface area contributed by atoms with E-state index in [1.807, 2.05) is 13.8 Å². The number of carbonyl (C=O) groups is 1. The summed E-state index contributed by atoms with van der Waals surface area (Å²) in [5, 5.41) is 3.05. The van der Waals surface area contributed by atoms with Gasteiger partial charge in [-0.2, -0.15) is 0 Å². The van der Waals surface area contributed by atoms with Crippen molar-refractivity contribution >= 4 is 15.7 Å². The van der Waals surface area contributed by atoms with Gasteiger partial charge >= 0.3 is 0 Å². The number of nitrogens with zero attached hydrogens (tertiary/aromatic N) is 1. The minimum Gasteiger partial charge on any atom is -0.342 e. The molecule has 5 nitrogen and oxygen atoms in total. The maximum absolute atomic E-state index is 11.8. The highest BCUT2D eigenvalue weighted by Crippen LogP contribution is 1.95. The van der Waals surface area contributed by atoms with Gasteiger partial charge < -0.3 is 10.2 Å². The molecule has 0 aromatic heterocycles. The first-order chi connectivity index (χ1) is 7.81. The molecule has 0 aromatic rings. The molecule has 0 heterocycles. The van der Waals surface area contributed by atoms with Crippen LogP contribution in [0.5, 0.6) is 0 Å². The SMILES string of the molecule is CCN(CC)C(=O)C(C)NCCCS(C)(=O)=O. The summed E-state index contributed by atoms with van der Waals surface area (Å²) in [4.78, 5) is 13.6. The Balaban J connectivity index is 3.94. The molecule has 1 unspecified atom stereocenters. The van der Waals surface area contributed by atoms with Gasteiger partial charge in [0.05, 0.1) is 11.8 Å². The van der Waals surface area contributed by atoms with Gasteiger partial charge in [0.15, 0.2) is 0 Å². The first-order valence-electron chi connectivity index (χ1n) is 6.01. The Bertz CT molecular complexity index is 324. The molecule has 0 saturated carbocycles. The van der Waals surface area contributed by atoms with Crippen LogP contribution in [-0.2, 0) is 14.6 Å². The second-order valence-electron chi connectivity index (χ2n) is 4.17. The van der Waals surface area contributed by atoms with Crippen molar-refractivity contribution in [3.05, 3.63) is 0 Å². The Hall–Kier alpha value is -0.620. The lowest BCUT2D eigenvalue weighted by Crippen LogP contribution is -2.45. The van der Waals surface area contributed by atoms with E-state index in [1.54, 1.807) is 11.8 Å². The largest absolute Gasteiger partial charge is 0.342 e. The van der Waals surface area contributed by atoms with Crippen molar-refractivity contribution in [1.29, 1.82) is 0 Å². The quantitative estimate of drug-likeness (QED) is 0.639. The molecule has 1 atom stereocenters. The van der Waals surface area contributed by atoms with Crippen LogP contribution < -0.4 is 5.32 Å². The van der Waals surface area contributed by atoms with Gasteiger partial charge in [0.25, 0.3) is 0 Å². The number of likely N-dealkylation sites (N-methyl/N-ethyl adjacent to an activating group) is 1. The molecule has 1 N–H and O–H groups in total. The lowest BCUT2D eigenvalue weighted by molar-refractivity contribution is -0.132. The zero-order chi connectivity index (χ0) is 13.5. The molecule has 0 fully saturated rings. The monoisotopic (exact) mass is 264 g/mol. The molecular weight excluding hydrogens is 240 g/mol. The number of amides is 1. The number of hydrogen-bond acceptors (Lipinski definition) is 4. The normalized spacial score (nSPS) is 13.4. The van der Waals surface area contributed by atoms with Gasteiger partial charge in [-0.3, -0.25) is 4.79 Å². The molecule has 0 saturated heterocycles. The van der Waals surface area contributed by atoms with Crippen molar-refractivity contribution in [3.63, 3.8) is 0 Å². The van der Waals surface area contributed by atoms with Gasteiger partial charge in [0, 0.05) is 19.3 Å². The van der Waals surface area contributed by atoms with E-state index < -0.39 is 9.84 Å². The van der Waals surface area contributed by atoms with Crippen molar-refractivity contribution in [1.82, 2.24) is 10.2 Å². The molecule has 0 aliphatic carbocycles. The Kier molecular flexibility index (Phi) is 7.38. The minimum atomic E-state index is -2.90. The van der Waals surface area contributed by atoms with Crippen molar-refractivity contribution < 1.29 is 13.2 Å². The Morgan fingerprint density at radius 1 is 1.29 bits per heavy atom. The third kappa shape index (κ3) is 7.33. The number of hydrogen-bond donors (Lipinski definition) is 1. The average Bonchev–Trinajstić information content (AvgIpc) is 2.24. The highest BCUT2D eigenvalue weighted by molar-refractivity contribution is 7.90. The molecule has 102 valence electrons. The molecule has 6 heteroatoms. The maximum atomic E-state index is 11.8. The first kappa shape index (κ1) is 16.4. The van der Waals surface area contributed by atoms with Gasteiger partial charge in [-0.05, 0) is 33.7 Å². The first-order valence-corrected chi connectivity index (χ1v) is 8.07. The van der Waals surface area contributed by atoms with Crippen LogP contribution >= 0.6 is 0 Å². The molecule has 0 bridgehead atoms. The van der Waals surface area contributed by atoms with Crippen LogP contribution in [0, 0.1) is 0 Å². The molecule has 17 heavy (non-hydrogen) atoms. The van der Waals surface area contributed by atoms with Crippen LogP contribution in [0.15, 0.2) is 0 Å². The smallest absolute Gasteiger partial charge is 0.239 e. The summed E-state index contributed by atoms with van der Waals surface area (Å²) < 4.78 is 21.8. The Morgan fingerprint density at radius 2 is 1.82 bits per heavy atom. The summed E-state index contributed by atoms with van der Waals surface area (Å²) in [5.74, 6) is 0.223. The molecule has 0 rings (SSSR count). The Labute approximate surface area is 104 Å². The average molecular weight is 264 g/mol. The lowest BCUT2D eigenvalue weighted by Gasteiger charge is -2.23. The summed E-state index contributed by atoms with van der Waals surface area (Å²) in [5.41, 5.74) is 0. The standard InChI is InChI=1S/C11H24N2O3S/c1-5-13(6-2)11(14)10(3)12-8-7-9-17(4,15)16/h10,12H,5-9H2,1-4H3. The molecule has 1 amide bonds. The van der Waals surface area contributed by atoms with E-state index in [0.29, 0.717) is 26.1 Å². The highest BCUT2D eigenvalue weighted by atomic mass is 32.2. The Morgan fingerprint density at radius 3 is 2.24 bits per heavy atom. The van der Waals surface area contributed by atoms with Crippen LogP contribution in [0.4, 0.5) is 0 Å². The van der Waals surface area contributed by atoms with Crippen molar-refractivity contribution in [2.24, 2.45) is 0 Å². The third-order valence-corrected chi connectivity index (χ3v) is 3.62. The van der Waals surface area contributed by atoms with Gasteiger partial charge in [-0.25, -0.2) is 8.42 Å². The van der Waals surface area contributed by atoms with Gasteiger partial charge in [0.1, 0.15) is 9.84 Å². The van der Waals surface area contributed by atoms with Gasteiger partial charge in [0.2, 0.25) is 5.91 Å². The van der Waals surface area contributed by atoms with Crippen molar-refractivity contribution in [2.45, 2.75) is 33.2 Å². The predicted octanol–water partition coefficient (Wildman–Crippen LogP) is 0.268. The summed E-state index contributed by atoms with van der Waals surface area (Å²) in [7, 11) is -2.90. The molecular formula is C11H24N2O3S. The van der Waals surface area contributed by atoms with Crippen LogP contribution in [0.2, 0.25) is 0 Å². The third-order valence-electron chi connectivity index (χ3n) is 2.59. The molecule has 0 aliphatic heterocycles. The zero-order valence-corrected chi connectivity index (χ0v) is 12.0. The second-order valence-corrected chi connectivity index (χ2v) is 6.43. The van der Waals surface area contributed by atoms with E-state index in [-0.39, 0.29) is 17.7 Å². The van der Waals surface area contributed by atoms with Gasteiger partial charge in [-0.15, -0.1) is 0 Å². The van der Waals surface area contributed by atoms with Gasteiger partial charge in [-0.1, -0.05) is 0 Å². The molecule has 0 aromatic carbocycles.